The number of H-pyrrole nitrogens is 1. The first-order valence-electron chi connectivity index (χ1n) is 11.1. The number of carbonyl (C=O) groups excluding carboxylic acids is 1. The molecule has 200 valence electrons. The lowest BCUT2D eigenvalue weighted by Crippen LogP contribution is -2.37. The number of hydrogen-bond donors (Lipinski definition) is 6. The Morgan fingerprint density at radius 2 is 1.79 bits per heavy atom. The van der Waals surface area contributed by atoms with Crippen molar-refractivity contribution in [3.05, 3.63) is 92.3 Å². The molecule has 11 nitrogen and oxygen atoms in total. The minimum Gasteiger partial charge on any atom is -0.395 e. The summed E-state index contributed by atoms with van der Waals surface area (Å²) < 4.78 is 43.8. The zero-order valence-electron chi connectivity index (χ0n) is 19.5. The number of urea groups is 1. The van der Waals surface area contributed by atoms with Gasteiger partial charge in [-0.1, -0.05) is 12.1 Å². The minimum absolute atomic E-state index is 0.000798. The number of halogens is 3. The predicted octanol–water partition coefficient (Wildman–Crippen LogP) is 1.80. The van der Waals surface area contributed by atoms with E-state index in [2.05, 4.69) is 15.6 Å². The third-order valence-electron chi connectivity index (χ3n) is 5.67. The first-order chi connectivity index (χ1) is 18.0. The molecule has 0 aliphatic heterocycles. The van der Waals surface area contributed by atoms with Gasteiger partial charge < -0.3 is 35.5 Å². The number of nitrogens with zero attached hydrogens (tertiary/aromatic N) is 2. The molecule has 2 aromatic carbocycles. The van der Waals surface area contributed by atoms with Crippen LogP contribution in [0.4, 0.5) is 23.7 Å². The van der Waals surface area contributed by atoms with Gasteiger partial charge in [0.15, 0.2) is 6.29 Å². The zero-order chi connectivity index (χ0) is 27.6. The molecule has 4 rings (SSSR count). The Balaban J connectivity index is 1.60. The number of aliphatic hydroxyl groups is 3. The number of aromatic amines is 1. The van der Waals surface area contributed by atoms with Crippen molar-refractivity contribution in [2.45, 2.75) is 25.6 Å². The van der Waals surface area contributed by atoms with E-state index in [-0.39, 0.29) is 35.4 Å². The van der Waals surface area contributed by atoms with Crippen LogP contribution in [0.25, 0.3) is 16.7 Å². The molecule has 2 amide bonds. The SMILES string of the molecule is O=C(NCc1ccn(-c2cc3c(cc2C(F)(F)F)[nH]c(=O)c(=O)n3CCO)c1)Nc1ccc(C(O)O)cc1. The van der Waals surface area contributed by atoms with Crippen molar-refractivity contribution in [1.82, 2.24) is 19.4 Å². The molecule has 0 spiro atoms. The summed E-state index contributed by atoms with van der Waals surface area (Å²) in [6, 6.07) is 8.48. The maximum atomic E-state index is 13.9. The number of anilines is 1. The summed E-state index contributed by atoms with van der Waals surface area (Å²) in [4.78, 5) is 38.5. The molecule has 0 atom stereocenters. The van der Waals surface area contributed by atoms with Crippen molar-refractivity contribution < 1.29 is 33.3 Å². The van der Waals surface area contributed by atoms with Crippen LogP contribution >= 0.6 is 0 Å². The number of nitrogens with one attached hydrogen (secondary N) is 3. The highest BCUT2D eigenvalue weighted by Crippen LogP contribution is 2.36. The number of alkyl halides is 3. The number of fused-ring (bicyclic) bond motifs is 1. The summed E-state index contributed by atoms with van der Waals surface area (Å²) in [5, 5.41) is 32.6. The van der Waals surface area contributed by atoms with Crippen LogP contribution in [0.3, 0.4) is 0 Å². The van der Waals surface area contributed by atoms with E-state index in [0.29, 0.717) is 11.3 Å². The largest absolute Gasteiger partial charge is 0.418 e. The quantitative estimate of drug-likeness (QED) is 0.157. The van der Waals surface area contributed by atoms with Gasteiger partial charge in [0.1, 0.15) is 0 Å². The molecule has 2 heterocycles. The lowest BCUT2D eigenvalue weighted by molar-refractivity contribution is -0.137. The van der Waals surface area contributed by atoms with Crippen LogP contribution in [0.15, 0.2) is 64.4 Å². The fourth-order valence-electron chi connectivity index (χ4n) is 3.86. The molecular formula is C24H22F3N5O6. The maximum absolute atomic E-state index is 13.9. The van der Waals surface area contributed by atoms with Crippen molar-refractivity contribution in [3.8, 4) is 5.69 Å². The summed E-state index contributed by atoms with van der Waals surface area (Å²) in [5.74, 6) is 0. The maximum Gasteiger partial charge on any atom is 0.418 e. The van der Waals surface area contributed by atoms with Crippen molar-refractivity contribution in [2.75, 3.05) is 11.9 Å². The third kappa shape index (κ3) is 5.61. The van der Waals surface area contributed by atoms with E-state index in [4.69, 9.17) is 10.2 Å². The predicted molar refractivity (Wildman–Crippen MR) is 130 cm³/mol. The highest BCUT2D eigenvalue weighted by molar-refractivity contribution is 5.89. The Hall–Kier alpha value is -4.40. The van der Waals surface area contributed by atoms with Crippen molar-refractivity contribution in [2.24, 2.45) is 0 Å². The topological polar surface area (TPSA) is 162 Å². The van der Waals surface area contributed by atoms with E-state index in [9.17, 15) is 32.7 Å². The number of aromatic nitrogens is 3. The van der Waals surface area contributed by atoms with Gasteiger partial charge in [0.2, 0.25) is 0 Å². The fourth-order valence-corrected chi connectivity index (χ4v) is 3.86. The van der Waals surface area contributed by atoms with Gasteiger partial charge in [0.25, 0.3) is 0 Å². The smallest absolute Gasteiger partial charge is 0.395 e. The lowest BCUT2D eigenvalue weighted by Gasteiger charge is -2.17. The molecule has 0 fully saturated rings. The summed E-state index contributed by atoms with van der Waals surface area (Å²) in [5.41, 5.74) is -2.66. The van der Waals surface area contributed by atoms with E-state index in [0.717, 1.165) is 16.7 Å². The molecule has 0 aliphatic rings. The van der Waals surface area contributed by atoms with Gasteiger partial charge in [-0.15, -0.1) is 0 Å². The van der Waals surface area contributed by atoms with Crippen LogP contribution in [0.2, 0.25) is 0 Å². The average molecular weight is 533 g/mol. The second-order valence-electron chi connectivity index (χ2n) is 8.25. The molecule has 0 radical (unpaired) electrons. The molecule has 14 heteroatoms. The molecular weight excluding hydrogens is 511 g/mol. The number of rotatable bonds is 7. The highest BCUT2D eigenvalue weighted by Gasteiger charge is 2.35. The number of hydrogen-bond acceptors (Lipinski definition) is 6. The second-order valence-corrected chi connectivity index (χ2v) is 8.25. The summed E-state index contributed by atoms with van der Waals surface area (Å²) in [7, 11) is 0. The zero-order valence-corrected chi connectivity index (χ0v) is 19.5. The molecule has 0 unspecified atom stereocenters. The van der Waals surface area contributed by atoms with Gasteiger partial charge in [-0.3, -0.25) is 14.2 Å². The monoisotopic (exact) mass is 533 g/mol. The van der Waals surface area contributed by atoms with E-state index < -0.39 is 41.8 Å². The van der Waals surface area contributed by atoms with Crippen molar-refractivity contribution >= 4 is 22.8 Å². The summed E-state index contributed by atoms with van der Waals surface area (Å²) in [6.45, 7) is -0.836. The van der Waals surface area contributed by atoms with Crippen LogP contribution in [0.1, 0.15) is 23.0 Å². The number of benzene rings is 2. The summed E-state index contributed by atoms with van der Waals surface area (Å²) >= 11 is 0. The van der Waals surface area contributed by atoms with Gasteiger partial charge >= 0.3 is 23.3 Å². The molecule has 0 aliphatic carbocycles. The Kier molecular flexibility index (Phi) is 7.39. The van der Waals surface area contributed by atoms with Gasteiger partial charge in [-0.25, -0.2) is 4.79 Å². The second kappa shape index (κ2) is 10.5. The van der Waals surface area contributed by atoms with Crippen LogP contribution in [0, 0.1) is 0 Å². The van der Waals surface area contributed by atoms with E-state index in [1.165, 1.54) is 47.3 Å². The first kappa shape index (κ1) is 26.7. The number of amides is 2. The standard InChI is InChI=1S/C24H22F3N5O6/c25-24(26,27)16-9-17-19(32(7-8-33)21(35)20(34)30-17)10-18(16)31-6-5-13(12-31)11-28-23(38)29-15-3-1-14(2-4-15)22(36)37/h1-6,9-10,12,22,33,36-37H,7-8,11H2,(H,30,34)(H2,28,29,38). The van der Waals surface area contributed by atoms with Gasteiger partial charge in [0.05, 0.1) is 28.9 Å². The van der Waals surface area contributed by atoms with Gasteiger partial charge in [0, 0.05) is 36.7 Å². The summed E-state index contributed by atoms with van der Waals surface area (Å²) in [6.07, 6.45) is -3.73. The van der Waals surface area contributed by atoms with Crippen LogP contribution < -0.4 is 21.8 Å². The molecule has 4 aromatic rings. The van der Waals surface area contributed by atoms with Crippen molar-refractivity contribution in [1.29, 1.82) is 0 Å². The molecule has 0 saturated heterocycles. The van der Waals surface area contributed by atoms with E-state index in [1.807, 2.05) is 0 Å². The van der Waals surface area contributed by atoms with E-state index >= 15 is 0 Å². The fraction of sp³-hybridized carbons (Fsp3) is 0.208. The Morgan fingerprint density at radius 1 is 1.08 bits per heavy atom. The molecule has 0 bridgehead atoms. The van der Waals surface area contributed by atoms with Gasteiger partial charge in [-0.05, 0) is 35.9 Å². The van der Waals surface area contributed by atoms with Crippen LogP contribution in [0.5, 0.6) is 0 Å². The number of carbonyl (C=O) groups is 1. The third-order valence-corrected chi connectivity index (χ3v) is 5.67. The van der Waals surface area contributed by atoms with Crippen LogP contribution in [-0.4, -0.2) is 42.1 Å². The normalized spacial score (nSPS) is 11.8. The average Bonchev–Trinajstić information content (AvgIpc) is 3.34. The minimum atomic E-state index is -4.80. The lowest BCUT2D eigenvalue weighted by atomic mass is 10.1. The highest BCUT2D eigenvalue weighted by atomic mass is 19.4. The first-order valence-corrected chi connectivity index (χ1v) is 11.1. The molecule has 0 saturated carbocycles. The van der Waals surface area contributed by atoms with Crippen molar-refractivity contribution in [3.63, 3.8) is 0 Å². The van der Waals surface area contributed by atoms with Crippen LogP contribution in [-0.2, 0) is 19.3 Å². The molecule has 38 heavy (non-hydrogen) atoms. The van der Waals surface area contributed by atoms with E-state index in [1.54, 1.807) is 0 Å². The molecule has 2 aromatic heterocycles. The Labute approximate surface area is 211 Å². The Morgan fingerprint density at radius 3 is 2.42 bits per heavy atom. The Bertz CT molecular complexity index is 1590. The van der Waals surface area contributed by atoms with Gasteiger partial charge in [-0.2, -0.15) is 13.2 Å². The number of aliphatic hydroxyl groups excluding tert-OH is 2. The molecule has 6 N–H and O–H groups in total.